The van der Waals surface area contributed by atoms with Crippen LogP contribution in [0.25, 0.3) is 0 Å². The summed E-state index contributed by atoms with van der Waals surface area (Å²) in [4.78, 5) is 26.3. The van der Waals surface area contributed by atoms with Crippen LogP contribution in [0, 0.1) is 6.92 Å². The molecule has 4 heteroatoms. The van der Waals surface area contributed by atoms with Crippen molar-refractivity contribution in [2.45, 2.75) is 47.0 Å². The van der Waals surface area contributed by atoms with E-state index in [0.717, 1.165) is 40.8 Å². The van der Waals surface area contributed by atoms with Gasteiger partial charge in [-0.25, -0.2) is 0 Å². The second kappa shape index (κ2) is 9.91. The van der Waals surface area contributed by atoms with Crippen LogP contribution in [0.3, 0.4) is 0 Å². The normalized spacial score (nSPS) is 10.5. The van der Waals surface area contributed by atoms with Gasteiger partial charge in [-0.3, -0.25) is 9.59 Å². The number of amides is 2. The SMILES string of the molecule is CCc1cccc(CC)c1N(CCNC(=O)Cc1cccc(C)c1)C(C)=O. The van der Waals surface area contributed by atoms with Gasteiger partial charge in [0, 0.05) is 20.0 Å². The average Bonchev–Trinajstić information content (AvgIpc) is 2.64. The van der Waals surface area contributed by atoms with Crippen LogP contribution in [0.2, 0.25) is 0 Å². The first-order valence-electron chi connectivity index (χ1n) is 9.67. The number of para-hydroxylation sites is 1. The zero-order valence-electron chi connectivity index (χ0n) is 16.8. The zero-order chi connectivity index (χ0) is 19.8. The largest absolute Gasteiger partial charge is 0.354 e. The topological polar surface area (TPSA) is 49.4 Å². The number of nitrogens with one attached hydrogen (secondary N) is 1. The van der Waals surface area contributed by atoms with Crippen LogP contribution in [0.4, 0.5) is 5.69 Å². The number of rotatable bonds is 8. The van der Waals surface area contributed by atoms with Gasteiger partial charge in [0.2, 0.25) is 11.8 Å². The first-order valence-corrected chi connectivity index (χ1v) is 9.67. The molecule has 0 spiro atoms. The molecule has 0 aliphatic carbocycles. The highest BCUT2D eigenvalue weighted by molar-refractivity contribution is 5.93. The molecule has 0 saturated carbocycles. The first kappa shape index (κ1) is 20.7. The van der Waals surface area contributed by atoms with E-state index in [0.29, 0.717) is 19.5 Å². The van der Waals surface area contributed by atoms with Crippen molar-refractivity contribution in [2.75, 3.05) is 18.0 Å². The third kappa shape index (κ3) is 5.68. The number of carbonyl (C=O) groups is 2. The lowest BCUT2D eigenvalue weighted by Crippen LogP contribution is -2.39. The minimum absolute atomic E-state index is 0.00136. The van der Waals surface area contributed by atoms with Crippen LogP contribution in [-0.4, -0.2) is 24.9 Å². The maximum atomic E-state index is 12.3. The van der Waals surface area contributed by atoms with Crippen LogP contribution in [0.1, 0.15) is 43.0 Å². The molecule has 0 saturated heterocycles. The molecule has 144 valence electrons. The lowest BCUT2D eigenvalue weighted by Gasteiger charge is -2.26. The fourth-order valence-electron chi connectivity index (χ4n) is 3.37. The summed E-state index contributed by atoms with van der Waals surface area (Å²) in [6, 6.07) is 14.1. The predicted octanol–water partition coefficient (Wildman–Crippen LogP) is 3.83. The van der Waals surface area contributed by atoms with Crippen LogP contribution in [-0.2, 0) is 28.9 Å². The maximum Gasteiger partial charge on any atom is 0.224 e. The van der Waals surface area contributed by atoms with E-state index >= 15 is 0 Å². The minimum Gasteiger partial charge on any atom is -0.354 e. The van der Waals surface area contributed by atoms with Crippen LogP contribution >= 0.6 is 0 Å². The smallest absolute Gasteiger partial charge is 0.224 e. The minimum atomic E-state index is -0.0245. The maximum absolute atomic E-state index is 12.3. The lowest BCUT2D eigenvalue weighted by molar-refractivity contribution is -0.121. The fraction of sp³-hybridized carbons (Fsp3) is 0.391. The van der Waals surface area contributed by atoms with E-state index in [1.807, 2.05) is 37.3 Å². The molecule has 0 aliphatic rings. The van der Waals surface area contributed by atoms with Crippen LogP contribution < -0.4 is 10.2 Å². The lowest BCUT2D eigenvalue weighted by atomic mass is 10.0. The number of anilines is 1. The van der Waals surface area contributed by atoms with Gasteiger partial charge >= 0.3 is 0 Å². The Balaban J connectivity index is 2.03. The molecule has 0 bridgehead atoms. The molecule has 27 heavy (non-hydrogen) atoms. The summed E-state index contributed by atoms with van der Waals surface area (Å²) in [7, 11) is 0. The van der Waals surface area contributed by atoms with Gasteiger partial charge in [-0.2, -0.15) is 0 Å². The molecule has 0 unspecified atom stereocenters. The molecule has 2 rings (SSSR count). The Morgan fingerprint density at radius 2 is 1.63 bits per heavy atom. The Hall–Kier alpha value is -2.62. The summed E-state index contributed by atoms with van der Waals surface area (Å²) in [6.45, 7) is 8.70. The number of hydrogen-bond donors (Lipinski definition) is 1. The number of hydrogen-bond acceptors (Lipinski definition) is 2. The van der Waals surface area contributed by atoms with Crippen molar-refractivity contribution in [2.24, 2.45) is 0 Å². The van der Waals surface area contributed by atoms with E-state index in [2.05, 4.69) is 31.3 Å². The van der Waals surface area contributed by atoms with Crippen LogP contribution in [0.5, 0.6) is 0 Å². The van der Waals surface area contributed by atoms with Gasteiger partial charge in [0.15, 0.2) is 0 Å². The third-order valence-corrected chi connectivity index (χ3v) is 4.72. The molecule has 1 N–H and O–H groups in total. The molecule has 0 fully saturated rings. The van der Waals surface area contributed by atoms with E-state index in [4.69, 9.17) is 0 Å². The van der Waals surface area contributed by atoms with E-state index < -0.39 is 0 Å². The summed E-state index contributed by atoms with van der Waals surface area (Å²) in [5.74, 6) is -0.0258. The average molecular weight is 367 g/mol. The van der Waals surface area contributed by atoms with E-state index in [-0.39, 0.29) is 11.8 Å². The highest BCUT2D eigenvalue weighted by Gasteiger charge is 2.18. The molecule has 2 aromatic rings. The van der Waals surface area contributed by atoms with Gasteiger partial charge in [-0.15, -0.1) is 0 Å². The number of nitrogens with zero attached hydrogens (tertiary/aromatic N) is 1. The highest BCUT2D eigenvalue weighted by Crippen LogP contribution is 2.27. The van der Waals surface area contributed by atoms with Crippen LogP contribution in [0.15, 0.2) is 42.5 Å². The highest BCUT2D eigenvalue weighted by atomic mass is 16.2. The quantitative estimate of drug-likeness (QED) is 0.772. The van der Waals surface area contributed by atoms with Crippen molar-refractivity contribution >= 4 is 17.5 Å². The van der Waals surface area contributed by atoms with Gasteiger partial charge in [0.05, 0.1) is 12.1 Å². The standard InChI is InChI=1S/C23H30N2O2/c1-5-20-11-8-12-21(6-2)23(20)25(18(4)26)14-13-24-22(27)16-19-10-7-9-17(3)15-19/h7-12,15H,5-6,13-14,16H2,1-4H3,(H,24,27). The molecular weight excluding hydrogens is 336 g/mol. The molecule has 0 aromatic heterocycles. The van der Waals surface area contributed by atoms with Crippen molar-refractivity contribution in [3.8, 4) is 0 Å². The Labute approximate surface area is 162 Å². The number of aryl methyl sites for hydroxylation is 3. The van der Waals surface area contributed by atoms with Crippen molar-refractivity contribution in [1.29, 1.82) is 0 Å². The first-order chi connectivity index (χ1) is 13.0. The van der Waals surface area contributed by atoms with Gasteiger partial charge < -0.3 is 10.2 Å². The summed E-state index contributed by atoms with van der Waals surface area (Å²) in [5.41, 5.74) is 5.47. The Morgan fingerprint density at radius 3 is 2.19 bits per heavy atom. The van der Waals surface area contributed by atoms with E-state index in [9.17, 15) is 9.59 Å². The predicted molar refractivity (Wildman–Crippen MR) is 111 cm³/mol. The summed E-state index contributed by atoms with van der Waals surface area (Å²) in [6.07, 6.45) is 2.09. The molecule has 2 amide bonds. The molecular formula is C23H30N2O2. The van der Waals surface area contributed by atoms with Gasteiger partial charge in [0.25, 0.3) is 0 Å². The molecule has 0 atom stereocenters. The molecule has 4 nitrogen and oxygen atoms in total. The summed E-state index contributed by atoms with van der Waals surface area (Å²) >= 11 is 0. The van der Waals surface area contributed by atoms with Crippen molar-refractivity contribution in [1.82, 2.24) is 5.32 Å². The summed E-state index contributed by atoms with van der Waals surface area (Å²) < 4.78 is 0. The zero-order valence-corrected chi connectivity index (χ0v) is 16.8. The molecule has 0 heterocycles. The van der Waals surface area contributed by atoms with E-state index in [1.165, 1.54) is 0 Å². The van der Waals surface area contributed by atoms with Gasteiger partial charge in [0.1, 0.15) is 0 Å². The molecule has 0 aliphatic heterocycles. The monoisotopic (exact) mass is 366 g/mol. The molecule has 2 aromatic carbocycles. The Morgan fingerprint density at radius 1 is 1.00 bits per heavy atom. The van der Waals surface area contributed by atoms with Crippen molar-refractivity contribution in [3.63, 3.8) is 0 Å². The fourth-order valence-corrected chi connectivity index (χ4v) is 3.37. The summed E-state index contributed by atoms with van der Waals surface area (Å²) in [5, 5.41) is 2.95. The Kier molecular flexibility index (Phi) is 7.59. The van der Waals surface area contributed by atoms with Crippen molar-refractivity contribution < 1.29 is 9.59 Å². The number of carbonyl (C=O) groups excluding carboxylic acids is 2. The second-order valence-electron chi connectivity index (χ2n) is 6.82. The second-order valence-corrected chi connectivity index (χ2v) is 6.82. The van der Waals surface area contributed by atoms with Gasteiger partial charge in [-0.05, 0) is 36.5 Å². The Bertz CT molecular complexity index is 776. The number of benzene rings is 2. The van der Waals surface area contributed by atoms with E-state index in [1.54, 1.807) is 11.8 Å². The van der Waals surface area contributed by atoms with Gasteiger partial charge in [-0.1, -0.05) is 61.9 Å². The third-order valence-electron chi connectivity index (χ3n) is 4.72. The molecule has 0 radical (unpaired) electrons. The van der Waals surface area contributed by atoms with Crippen molar-refractivity contribution in [3.05, 3.63) is 64.7 Å².